The number of carbonyl (C=O) groups is 1. The van der Waals surface area contributed by atoms with Crippen molar-refractivity contribution in [2.75, 3.05) is 18.8 Å². The number of amides is 1. The fourth-order valence-corrected chi connectivity index (χ4v) is 4.27. The smallest absolute Gasteiger partial charge is 0.240 e. The molecule has 1 spiro atoms. The van der Waals surface area contributed by atoms with Gasteiger partial charge in [-0.3, -0.25) is 4.79 Å². The molecular formula is C13H23NO3S. The third kappa shape index (κ3) is 2.42. The molecule has 0 aromatic rings. The summed E-state index contributed by atoms with van der Waals surface area (Å²) in [7, 11) is -3.26. The molecule has 5 heteroatoms. The Hall–Kier alpha value is -0.580. The minimum Gasteiger partial charge on any atom is -0.341 e. The molecule has 1 aliphatic carbocycles. The van der Waals surface area contributed by atoms with Crippen molar-refractivity contribution in [3.63, 3.8) is 0 Å². The molecule has 2 rings (SSSR count). The summed E-state index contributed by atoms with van der Waals surface area (Å²) in [5.41, 5.74) is 0.311. The second-order valence-electron chi connectivity index (χ2n) is 5.81. The molecule has 1 aliphatic heterocycles. The highest BCUT2D eigenvalue weighted by atomic mass is 32.2. The minimum absolute atomic E-state index is 0.0406. The zero-order valence-corrected chi connectivity index (χ0v) is 12.1. The van der Waals surface area contributed by atoms with Crippen molar-refractivity contribution in [1.82, 2.24) is 4.90 Å². The van der Waals surface area contributed by atoms with Gasteiger partial charge in [0.15, 0.2) is 9.84 Å². The van der Waals surface area contributed by atoms with E-state index in [9.17, 15) is 13.2 Å². The highest BCUT2D eigenvalue weighted by Gasteiger charge is 2.43. The molecular weight excluding hydrogens is 250 g/mol. The van der Waals surface area contributed by atoms with E-state index in [0.29, 0.717) is 5.41 Å². The highest BCUT2D eigenvalue weighted by Crippen LogP contribution is 2.45. The predicted molar refractivity (Wildman–Crippen MR) is 71.0 cm³/mol. The maximum atomic E-state index is 12.2. The second-order valence-corrected chi connectivity index (χ2v) is 8.42. The molecule has 1 heterocycles. The van der Waals surface area contributed by atoms with Gasteiger partial charge in [0.1, 0.15) is 5.25 Å². The molecule has 1 atom stereocenters. The van der Waals surface area contributed by atoms with Gasteiger partial charge in [0.05, 0.1) is 0 Å². The molecule has 4 nitrogen and oxygen atoms in total. The second kappa shape index (κ2) is 4.83. The summed E-state index contributed by atoms with van der Waals surface area (Å²) < 4.78 is 23.5. The van der Waals surface area contributed by atoms with Crippen LogP contribution >= 0.6 is 0 Å². The summed E-state index contributed by atoms with van der Waals surface area (Å²) in [6, 6.07) is 0. The van der Waals surface area contributed by atoms with Crippen LogP contribution < -0.4 is 0 Å². The van der Waals surface area contributed by atoms with E-state index in [0.717, 1.165) is 19.5 Å². The molecule has 0 unspecified atom stereocenters. The molecule has 0 aromatic heterocycles. The molecule has 1 amide bonds. The summed E-state index contributed by atoms with van der Waals surface area (Å²) >= 11 is 0. The number of nitrogens with zero attached hydrogens (tertiary/aromatic N) is 1. The third-order valence-corrected chi connectivity index (χ3v) is 6.79. The molecule has 1 saturated carbocycles. The number of hydrogen-bond donors (Lipinski definition) is 0. The molecule has 104 valence electrons. The van der Waals surface area contributed by atoms with Crippen LogP contribution in [0.3, 0.4) is 0 Å². The molecule has 2 aliphatic rings. The van der Waals surface area contributed by atoms with Gasteiger partial charge < -0.3 is 4.90 Å². The first kappa shape index (κ1) is 13.8. The van der Waals surface area contributed by atoms with Gasteiger partial charge in [0.2, 0.25) is 5.91 Å². The van der Waals surface area contributed by atoms with E-state index in [-0.39, 0.29) is 11.7 Å². The van der Waals surface area contributed by atoms with E-state index in [1.807, 2.05) is 0 Å². The Bertz CT molecular complexity index is 424. The largest absolute Gasteiger partial charge is 0.341 e. The lowest BCUT2D eigenvalue weighted by Crippen LogP contribution is -2.41. The number of sulfone groups is 1. The highest BCUT2D eigenvalue weighted by molar-refractivity contribution is 7.92. The summed E-state index contributed by atoms with van der Waals surface area (Å²) in [6.45, 7) is 4.64. The number of likely N-dealkylation sites (tertiary alicyclic amines) is 1. The van der Waals surface area contributed by atoms with Crippen LogP contribution in [0.1, 0.15) is 46.0 Å². The van der Waals surface area contributed by atoms with Gasteiger partial charge >= 0.3 is 0 Å². The Morgan fingerprint density at radius 3 is 2.44 bits per heavy atom. The van der Waals surface area contributed by atoms with Crippen LogP contribution in [0.2, 0.25) is 0 Å². The molecule has 2 fully saturated rings. The monoisotopic (exact) mass is 273 g/mol. The summed E-state index contributed by atoms with van der Waals surface area (Å²) in [6.07, 6.45) is 5.96. The van der Waals surface area contributed by atoms with Crippen molar-refractivity contribution in [2.45, 2.75) is 51.2 Å². The average Bonchev–Trinajstić information content (AvgIpc) is 2.98. The standard InChI is InChI=1S/C13H23NO3S/c1-3-18(16,17)11(2)12(15)14-9-8-13(10-14)6-4-5-7-13/h11H,3-10H2,1-2H3/t11-/m1/s1. The van der Waals surface area contributed by atoms with Crippen molar-refractivity contribution in [3.8, 4) is 0 Å². The van der Waals surface area contributed by atoms with Crippen molar-refractivity contribution >= 4 is 15.7 Å². The van der Waals surface area contributed by atoms with Gasteiger partial charge in [-0.1, -0.05) is 19.8 Å². The lowest BCUT2D eigenvalue weighted by atomic mass is 9.86. The van der Waals surface area contributed by atoms with Crippen LogP contribution in [0.5, 0.6) is 0 Å². The van der Waals surface area contributed by atoms with Crippen molar-refractivity contribution in [1.29, 1.82) is 0 Å². The van der Waals surface area contributed by atoms with Crippen molar-refractivity contribution in [2.24, 2.45) is 5.41 Å². The SMILES string of the molecule is CCS(=O)(=O)[C@H](C)C(=O)N1CCC2(CCCC2)C1. The van der Waals surface area contributed by atoms with Crippen molar-refractivity contribution < 1.29 is 13.2 Å². The van der Waals surface area contributed by atoms with Crippen LogP contribution in [-0.2, 0) is 14.6 Å². The minimum atomic E-state index is -3.26. The topological polar surface area (TPSA) is 54.5 Å². The van der Waals surface area contributed by atoms with E-state index in [2.05, 4.69) is 0 Å². The molecule has 18 heavy (non-hydrogen) atoms. The maximum Gasteiger partial charge on any atom is 0.240 e. The van der Waals surface area contributed by atoms with E-state index in [1.165, 1.54) is 32.6 Å². The van der Waals surface area contributed by atoms with Gasteiger partial charge in [-0.25, -0.2) is 8.42 Å². The summed E-state index contributed by atoms with van der Waals surface area (Å²) in [5.74, 6) is -0.153. The first-order valence-electron chi connectivity index (χ1n) is 6.91. The maximum absolute atomic E-state index is 12.2. The number of carbonyl (C=O) groups excluding carboxylic acids is 1. The summed E-state index contributed by atoms with van der Waals surface area (Å²) in [5, 5.41) is -0.876. The summed E-state index contributed by atoms with van der Waals surface area (Å²) in [4.78, 5) is 14.0. The fraction of sp³-hybridized carbons (Fsp3) is 0.923. The number of rotatable bonds is 3. The Balaban J connectivity index is 2.03. The molecule has 0 N–H and O–H groups in total. The van der Waals surface area contributed by atoms with E-state index in [1.54, 1.807) is 11.8 Å². The Labute approximate surface area is 110 Å². The van der Waals surface area contributed by atoms with Crippen LogP contribution in [-0.4, -0.2) is 43.3 Å². The quantitative estimate of drug-likeness (QED) is 0.785. The third-order valence-electron chi connectivity index (χ3n) is 4.70. The van der Waals surface area contributed by atoms with Crippen LogP contribution in [0.25, 0.3) is 0 Å². The molecule has 0 radical (unpaired) electrons. The Kier molecular flexibility index (Phi) is 3.72. The van der Waals surface area contributed by atoms with Gasteiger partial charge in [0, 0.05) is 18.8 Å². The lowest BCUT2D eigenvalue weighted by molar-refractivity contribution is -0.129. The first-order valence-corrected chi connectivity index (χ1v) is 8.62. The van der Waals surface area contributed by atoms with Gasteiger partial charge in [-0.2, -0.15) is 0 Å². The average molecular weight is 273 g/mol. The van der Waals surface area contributed by atoms with Gasteiger partial charge in [-0.05, 0) is 31.6 Å². The van der Waals surface area contributed by atoms with Crippen molar-refractivity contribution in [3.05, 3.63) is 0 Å². The van der Waals surface area contributed by atoms with E-state index in [4.69, 9.17) is 0 Å². The first-order chi connectivity index (χ1) is 8.40. The molecule has 0 aromatic carbocycles. The lowest BCUT2D eigenvalue weighted by Gasteiger charge is -2.25. The predicted octanol–water partition coefficient (Wildman–Crippen LogP) is 1.60. The van der Waals surface area contributed by atoms with Gasteiger partial charge in [-0.15, -0.1) is 0 Å². The Morgan fingerprint density at radius 2 is 1.89 bits per heavy atom. The Morgan fingerprint density at radius 1 is 1.28 bits per heavy atom. The van der Waals surface area contributed by atoms with Gasteiger partial charge in [0.25, 0.3) is 0 Å². The van der Waals surface area contributed by atoms with Crippen LogP contribution in [0.15, 0.2) is 0 Å². The molecule has 1 saturated heterocycles. The van der Waals surface area contributed by atoms with E-state index < -0.39 is 15.1 Å². The van der Waals surface area contributed by atoms with Crippen LogP contribution in [0, 0.1) is 5.41 Å². The zero-order valence-electron chi connectivity index (χ0n) is 11.3. The normalized spacial score (nSPS) is 24.7. The molecule has 0 bridgehead atoms. The van der Waals surface area contributed by atoms with Crippen LogP contribution in [0.4, 0.5) is 0 Å². The number of hydrogen-bond acceptors (Lipinski definition) is 3. The van der Waals surface area contributed by atoms with E-state index >= 15 is 0 Å². The fourth-order valence-electron chi connectivity index (χ4n) is 3.32. The zero-order chi connectivity index (χ0) is 13.4.